The van der Waals surface area contributed by atoms with Gasteiger partial charge in [-0.1, -0.05) is 30.8 Å². The second-order valence-corrected chi connectivity index (χ2v) is 3.48. The lowest BCUT2D eigenvalue weighted by Gasteiger charge is -2.27. The van der Waals surface area contributed by atoms with Crippen molar-refractivity contribution >= 4 is 5.91 Å². The van der Waals surface area contributed by atoms with Gasteiger partial charge in [0, 0.05) is 13.1 Å². The molecular formula is C12H13NO. The van der Waals surface area contributed by atoms with Gasteiger partial charge in [0.1, 0.15) is 0 Å². The number of carbonyl (C=O) groups is 1. The average Bonchev–Trinajstić information content (AvgIpc) is 2.27. The van der Waals surface area contributed by atoms with E-state index in [0.29, 0.717) is 0 Å². The molecule has 0 fully saturated rings. The lowest BCUT2D eigenvalue weighted by molar-refractivity contribution is -0.126. The highest BCUT2D eigenvalue weighted by molar-refractivity contribution is 5.87. The maximum Gasteiger partial charge on any atom is 0.246 e. The van der Waals surface area contributed by atoms with E-state index in [1.54, 1.807) is 0 Å². The summed E-state index contributed by atoms with van der Waals surface area (Å²) < 4.78 is 0. The first-order valence-corrected chi connectivity index (χ1v) is 4.79. The van der Waals surface area contributed by atoms with Crippen molar-refractivity contribution in [3.8, 4) is 0 Å². The summed E-state index contributed by atoms with van der Waals surface area (Å²) in [6.07, 6.45) is 2.34. The van der Waals surface area contributed by atoms with Gasteiger partial charge in [-0.15, -0.1) is 0 Å². The van der Waals surface area contributed by atoms with Gasteiger partial charge < -0.3 is 4.90 Å². The molecule has 1 aromatic carbocycles. The van der Waals surface area contributed by atoms with Crippen LogP contribution in [-0.2, 0) is 17.8 Å². The minimum absolute atomic E-state index is 0.0273. The Morgan fingerprint density at radius 2 is 2.07 bits per heavy atom. The Kier molecular flexibility index (Phi) is 2.35. The number of hydrogen-bond acceptors (Lipinski definition) is 1. The van der Waals surface area contributed by atoms with Gasteiger partial charge in [-0.2, -0.15) is 0 Å². The van der Waals surface area contributed by atoms with Gasteiger partial charge in [0.2, 0.25) is 5.91 Å². The predicted molar refractivity (Wildman–Crippen MR) is 55.8 cm³/mol. The fourth-order valence-corrected chi connectivity index (χ4v) is 1.81. The van der Waals surface area contributed by atoms with Crippen LogP contribution in [0.25, 0.3) is 0 Å². The largest absolute Gasteiger partial charge is 0.335 e. The van der Waals surface area contributed by atoms with E-state index < -0.39 is 0 Å². The SMILES string of the molecule is C=CC(=O)N1CCc2ccccc2C1. The summed E-state index contributed by atoms with van der Waals surface area (Å²) in [7, 11) is 0. The number of carbonyl (C=O) groups excluding carboxylic acids is 1. The number of amides is 1. The van der Waals surface area contributed by atoms with E-state index in [0.717, 1.165) is 19.5 Å². The molecule has 0 unspecified atom stereocenters. The zero-order valence-corrected chi connectivity index (χ0v) is 8.07. The van der Waals surface area contributed by atoms with Crippen LogP contribution in [0.4, 0.5) is 0 Å². The molecule has 1 aliphatic heterocycles. The minimum atomic E-state index is 0.0273. The van der Waals surface area contributed by atoms with Gasteiger partial charge in [-0.25, -0.2) is 0 Å². The second kappa shape index (κ2) is 3.66. The fraction of sp³-hybridized carbons (Fsp3) is 0.250. The van der Waals surface area contributed by atoms with Gasteiger partial charge in [0.15, 0.2) is 0 Å². The van der Waals surface area contributed by atoms with Crippen molar-refractivity contribution in [1.29, 1.82) is 0 Å². The molecule has 2 nitrogen and oxygen atoms in total. The minimum Gasteiger partial charge on any atom is -0.335 e. The van der Waals surface area contributed by atoms with Crippen LogP contribution in [0.2, 0.25) is 0 Å². The van der Waals surface area contributed by atoms with Crippen LogP contribution in [0.1, 0.15) is 11.1 Å². The Bertz CT molecular complexity index is 370. The third-order valence-electron chi connectivity index (χ3n) is 2.62. The van der Waals surface area contributed by atoms with Crippen molar-refractivity contribution in [3.05, 3.63) is 48.0 Å². The molecule has 0 aromatic heterocycles. The van der Waals surface area contributed by atoms with Crippen molar-refractivity contribution in [2.75, 3.05) is 6.54 Å². The molecule has 0 aliphatic carbocycles. The summed E-state index contributed by atoms with van der Waals surface area (Å²) >= 11 is 0. The number of benzene rings is 1. The summed E-state index contributed by atoms with van der Waals surface area (Å²) in [6, 6.07) is 8.27. The first kappa shape index (κ1) is 9.00. The lowest BCUT2D eigenvalue weighted by atomic mass is 10.00. The fourth-order valence-electron chi connectivity index (χ4n) is 1.81. The van der Waals surface area contributed by atoms with E-state index in [1.165, 1.54) is 17.2 Å². The van der Waals surface area contributed by atoms with Crippen molar-refractivity contribution in [2.24, 2.45) is 0 Å². The zero-order chi connectivity index (χ0) is 9.97. The average molecular weight is 187 g/mol. The Labute approximate surface area is 83.8 Å². The van der Waals surface area contributed by atoms with Gasteiger partial charge in [0.05, 0.1) is 0 Å². The molecule has 1 aromatic rings. The Hall–Kier alpha value is -1.57. The van der Waals surface area contributed by atoms with Crippen molar-refractivity contribution in [3.63, 3.8) is 0 Å². The molecule has 1 heterocycles. The van der Waals surface area contributed by atoms with Gasteiger partial charge in [-0.05, 0) is 23.6 Å². The van der Waals surface area contributed by atoms with Gasteiger partial charge in [0.25, 0.3) is 0 Å². The number of nitrogens with zero attached hydrogens (tertiary/aromatic N) is 1. The first-order valence-electron chi connectivity index (χ1n) is 4.79. The molecule has 72 valence electrons. The summed E-state index contributed by atoms with van der Waals surface area (Å²) in [5, 5.41) is 0. The zero-order valence-electron chi connectivity index (χ0n) is 8.07. The second-order valence-electron chi connectivity index (χ2n) is 3.48. The first-order chi connectivity index (χ1) is 6.81. The summed E-state index contributed by atoms with van der Waals surface area (Å²) in [5.74, 6) is 0.0273. The molecule has 0 radical (unpaired) electrons. The summed E-state index contributed by atoms with van der Waals surface area (Å²) in [6.45, 7) is 5.03. The molecular weight excluding hydrogens is 174 g/mol. The number of fused-ring (bicyclic) bond motifs is 1. The third-order valence-corrected chi connectivity index (χ3v) is 2.62. The van der Waals surface area contributed by atoms with E-state index in [2.05, 4.69) is 18.7 Å². The molecule has 2 rings (SSSR count). The van der Waals surface area contributed by atoms with Gasteiger partial charge in [-0.3, -0.25) is 4.79 Å². The van der Waals surface area contributed by atoms with E-state index in [1.807, 2.05) is 17.0 Å². The van der Waals surface area contributed by atoms with Gasteiger partial charge >= 0.3 is 0 Å². The van der Waals surface area contributed by atoms with Crippen LogP contribution in [0, 0.1) is 0 Å². The Morgan fingerprint density at radius 3 is 2.79 bits per heavy atom. The molecule has 1 aliphatic rings. The third kappa shape index (κ3) is 1.55. The highest BCUT2D eigenvalue weighted by Gasteiger charge is 2.17. The highest BCUT2D eigenvalue weighted by atomic mass is 16.2. The highest BCUT2D eigenvalue weighted by Crippen LogP contribution is 2.18. The maximum atomic E-state index is 11.4. The van der Waals surface area contributed by atoms with E-state index in [4.69, 9.17) is 0 Å². The lowest BCUT2D eigenvalue weighted by Crippen LogP contribution is -2.34. The van der Waals surface area contributed by atoms with Crippen molar-refractivity contribution in [1.82, 2.24) is 4.90 Å². The molecule has 0 atom stereocenters. The van der Waals surface area contributed by atoms with Crippen LogP contribution in [0.3, 0.4) is 0 Å². The van der Waals surface area contributed by atoms with Crippen LogP contribution >= 0.6 is 0 Å². The van der Waals surface area contributed by atoms with Crippen LogP contribution in [-0.4, -0.2) is 17.4 Å². The Morgan fingerprint density at radius 1 is 1.36 bits per heavy atom. The molecule has 2 heteroatoms. The topological polar surface area (TPSA) is 20.3 Å². The maximum absolute atomic E-state index is 11.4. The van der Waals surface area contributed by atoms with Crippen LogP contribution in [0.5, 0.6) is 0 Å². The quantitative estimate of drug-likeness (QED) is 0.613. The summed E-state index contributed by atoms with van der Waals surface area (Å²) in [5.41, 5.74) is 2.62. The molecule has 0 N–H and O–H groups in total. The smallest absolute Gasteiger partial charge is 0.246 e. The molecule has 0 bridgehead atoms. The monoisotopic (exact) mass is 187 g/mol. The predicted octanol–water partition coefficient (Wildman–Crippen LogP) is 1.76. The summed E-state index contributed by atoms with van der Waals surface area (Å²) in [4.78, 5) is 13.2. The van der Waals surface area contributed by atoms with E-state index in [-0.39, 0.29) is 5.91 Å². The molecule has 0 saturated heterocycles. The van der Waals surface area contributed by atoms with Crippen molar-refractivity contribution in [2.45, 2.75) is 13.0 Å². The standard InChI is InChI=1S/C12H13NO/c1-2-12(14)13-8-7-10-5-3-4-6-11(10)9-13/h2-6H,1,7-9H2. The van der Waals surface area contributed by atoms with Crippen LogP contribution in [0.15, 0.2) is 36.9 Å². The van der Waals surface area contributed by atoms with Crippen molar-refractivity contribution < 1.29 is 4.79 Å². The number of rotatable bonds is 1. The normalized spacial score (nSPS) is 14.7. The number of hydrogen-bond donors (Lipinski definition) is 0. The molecule has 14 heavy (non-hydrogen) atoms. The van der Waals surface area contributed by atoms with E-state index in [9.17, 15) is 4.79 Å². The molecule has 0 spiro atoms. The molecule has 1 amide bonds. The van der Waals surface area contributed by atoms with E-state index >= 15 is 0 Å². The van der Waals surface area contributed by atoms with Crippen LogP contribution < -0.4 is 0 Å². The molecule has 0 saturated carbocycles. The Balaban J connectivity index is 2.21.